The van der Waals surface area contributed by atoms with Crippen LogP contribution in [0.25, 0.3) is 5.57 Å². The molecule has 39 heavy (non-hydrogen) atoms. The molecule has 2 aliphatic heterocycles. The van der Waals surface area contributed by atoms with E-state index in [1.807, 2.05) is 49.4 Å². The Bertz CT molecular complexity index is 1340. The molecule has 3 N–H and O–H groups in total. The molecule has 0 saturated carbocycles. The lowest BCUT2D eigenvalue weighted by atomic mass is 9.99. The maximum Gasteiger partial charge on any atom is 0.258 e. The van der Waals surface area contributed by atoms with Crippen LogP contribution in [-0.2, 0) is 11.3 Å². The number of hydrogen-bond donors (Lipinski definition) is 3. The summed E-state index contributed by atoms with van der Waals surface area (Å²) in [5.41, 5.74) is 6.77. The highest BCUT2D eigenvalue weighted by Crippen LogP contribution is 2.36. The minimum absolute atomic E-state index is 0.0764. The summed E-state index contributed by atoms with van der Waals surface area (Å²) in [7, 11) is 0. The number of fused-ring (bicyclic) bond motifs is 1. The first kappa shape index (κ1) is 26.7. The number of benzene rings is 3. The van der Waals surface area contributed by atoms with Crippen molar-refractivity contribution in [3.63, 3.8) is 0 Å². The van der Waals surface area contributed by atoms with Gasteiger partial charge in [0, 0.05) is 34.7 Å². The van der Waals surface area contributed by atoms with Gasteiger partial charge in [-0.25, -0.2) is 0 Å². The quantitative estimate of drug-likeness (QED) is 0.272. The van der Waals surface area contributed by atoms with Gasteiger partial charge in [-0.1, -0.05) is 62.7 Å². The average molecular weight is 523 g/mol. The van der Waals surface area contributed by atoms with Crippen LogP contribution < -0.4 is 16.0 Å². The Hall–Kier alpha value is -3.90. The molecule has 2 heterocycles. The summed E-state index contributed by atoms with van der Waals surface area (Å²) < 4.78 is 0. The van der Waals surface area contributed by atoms with Crippen LogP contribution >= 0.6 is 0 Å². The predicted molar refractivity (Wildman–Crippen MR) is 158 cm³/mol. The topological polar surface area (TPSA) is 73.5 Å². The van der Waals surface area contributed by atoms with E-state index >= 15 is 0 Å². The molecular weight excluding hydrogens is 484 g/mol. The van der Waals surface area contributed by atoms with E-state index in [4.69, 9.17) is 0 Å². The number of amides is 2. The standard InChI is InChI=1S/C33H38N4O2/c1-3-28(24-11-7-5-8-12-24)35-32(38)25-15-18-30-27(21-25)31(33(39)36-30)29(4-2)34-26-16-13-23(14-17-26)22-37-19-9-6-10-20-37/h5,7-8,11-18,21,28,34H,3-4,6,9-10,19-20,22H2,1-2H3,(H,35,38)(H,36,39)/b31-29-/t28-/m1/s1. The largest absolute Gasteiger partial charge is 0.358 e. The normalized spacial score (nSPS) is 17.2. The van der Waals surface area contributed by atoms with Gasteiger partial charge >= 0.3 is 0 Å². The summed E-state index contributed by atoms with van der Waals surface area (Å²) in [6.07, 6.45) is 5.34. The van der Waals surface area contributed by atoms with Gasteiger partial charge in [-0.15, -0.1) is 0 Å². The van der Waals surface area contributed by atoms with Gasteiger partial charge in [0.15, 0.2) is 0 Å². The summed E-state index contributed by atoms with van der Waals surface area (Å²) >= 11 is 0. The van der Waals surface area contributed by atoms with E-state index in [2.05, 4.69) is 52.0 Å². The van der Waals surface area contributed by atoms with Crippen molar-refractivity contribution in [2.75, 3.05) is 23.7 Å². The lowest BCUT2D eigenvalue weighted by Crippen LogP contribution is -2.29. The Kier molecular flexibility index (Phi) is 8.42. The van der Waals surface area contributed by atoms with Crippen molar-refractivity contribution in [1.29, 1.82) is 0 Å². The first-order valence-corrected chi connectivity index (χ1v) is 14.2. The van der Waals surface area contributed by atoms with Gasteiger partial charge in [-0.05, 0) is 80.2 Å². The van der Waals surface area contributed by atoms with Crippen LogP contribution in [0.3, 0.4) is 0 Å². The van der Waals surface area contributed by atoms with E-state index in [0.717, 1.165) is 41.2 Å². The second-order valence-electron chi connectivity index (χ2n) is 10.4. The fourth-order valence-corrected chi connectivity index (χ4v) is 5.53. The molecular formula is C33H38N4O2. The molecule has 2 aliphatic rings. The Morgan fingerprint density at radius 3 is 2.38 bits per heavy atom. The van der Waals surface area contributed by atoms with Crippen molar-refractivity contribution in [1.82, 2.24) is 10.2 Å². The first-order chi connectivity index (χ1) is 19.1. The third-order valence-electron chi connectivity index (χ3n) is 7.70. The van der Waals surface area contributed by atoms with E-state index in [1.165, 1.54) is 37.9 Å². The van der Waals surface area contributed by atoms with Gasteiger partial charge in [-0.2, -0.15) is 0 Å². The fourth-order valence-electron chi connectivity index (χ4n) is 5.53. The second-order valence-corrected chi connectivity index (χ2v) is 10.4. The van der Waals surface area contributed by atoms with E-state index in [9.17, 15) is 9.59 Å². The Balaban J connectivity index is 1.34. The molecule has 1 fully saturated rings. The molecule has 6 heteroatoms. The Morgan fingerprint density at radius 1 is 0.949 bits per heavy atom. The van der Waals surface area contributed by atoms with Crippen LogP contribution in [0.2, 0.25) is 0 Å². The van der Waals surface area contributed by atoms with E-state index in [0.29, 0.717) is 17.6 Å². The summed E-state index contributed by atoms with van der Waals surface area (Å²) in [5, 5.41) is 9.62. The Morgan fingerprint density at radius 2 is 1.69 bits per heavy atom. The fraction of sp³-hybridized carbons (Fsp3) is 0.333. The van der Waals surface area contributed by atoms with E-state index in [1.54, 1.807) is 6.07 Å². The second kappa shape index (κ2) is 12.3. The molecule has 0 unspecified atom stereocenters. The van der Waals surface area contributed by atoms with Gasteiger partial charge in [0.1, 0.15) is 0 Å². The van der Waals surface area contributed by atoms with Crippen molar-refractivity contribution < 1.29 is 9.59 Å². The first-order valence-electron chi connectivity index (χ1n) is 14.2. The number of nitrogens with one attached hydrogen (secondary N) is 3. The summed E-state index contributed by atoms with van der Waals surface area (Å²) in [5.74, 6) is -0.299. The molecule has 5 rings (SSSR count). The maximum atomic E-state index is 13.2. The zero-order chi connectivity index (χ0) is 27.2. The molecule has 6 nitrogen and oxygen atoms in total. The number of hydrogen-bond acceptors (Lipinski definition) is 4. The van der Waals surface area contributed by atoms with Gasteiger partial charge in [0.25, 0.3) is 11.8 Å². The highest BCUT2D eigenvalue weighted by Gasteiger charge is 2.28. The van der Waals surface area contributed by atoms with Gasteiger partial charge < -0.3 is 16.0 Å². The van der Waals surface area contributed by atoms with Crippen LogP contribution in [0.1, 0.15) is 79.0 Å². The van der Waals surface area contributed by atoms with E-state index in [-0.39, 0.29) is 17.9 Å². The van der Waals surface area contributed by atoms with Crippen molar-refractivity contribution in [2.24, 2.45) is 0 Å². The van der Waals surface area contributed by atoms with Crippen LogP contribution in [0.5, 0.6) is 0 Å². The molecule has 0 spiro atoms. The summed E-state index contributed by atoms with van der Waals surface area (Å²) in [4.78, 5) is 28.8. The molecule has 3 aromatic rings. The van der Waals surface area contributed by atoms with Gasteiger partial charge in [0.2, 0.25) is 0 Å². The molecule has 1 atom stereocenters. The number of anilines is 2. The van der Waals surface area contributed by atoms with Crippen molar-refractivity contribution >= 4 is 28.8 Å². The van der Waals surface area contributed by atoms with Crippen LogP contribution in [0.15, 0.2) is 78.5 Å². The van der Waals surface area contributed by atoms with Gasteiger partial charge in [0.05, 0.1) is 11.6 Å². The monoisotopic (exact) mass is 522 g/mol. The lowest BCUT2D eigenvalue weighted by Gasteiger charge is -2.26. The zero-order valence-corrected chi connectivity index (χ0v) is 22.9. The molecule has 0 aliphatic carbocycles. The number of rotatable bonds is 9. The van der Waals surface area contributed by atoms with Gasteiger partial charge in [-0.3, -0.25) is 14.5 Å². The van der Waals surface area contributed by atoms with Crippen LogP contribution in [0.4, 0.5) is 11.4 Å². The number of nitrogens with zero attached hydrogens (tertiary/aromatic N) is 1. The third-order valence-corrected chi connectivity index (χ3v) is 7.70. The highest BCUT2D eigenvalue weighted by molar-refractivity contribution is 6.32. The molecule has 1 saturated heterocycles. The van der Waals surface area contributed by atoms with E-state index < -0.39 is 0 Å². The van der Waals surface area contributed by atoms with Crippen molar-refractivity contribution in [3.8, 4) is 0 Å². The van der Waals surface area contributed by atoms with Crippen molar-refractivity contribution in [3.05, 3.63) is 101 Å². The Labute approximate surface area is 231 Å². The molecule has 0 aromatic heterocycles. The smallest absolute Gasteiger partial charge is 0.258 e. The maximum absolute atomic E-state index is 13.2. The number of piperidine rings is 1. The molecule has 2 amide bonds. The minimum Gasteiger partial charge on any atom is -0.358 e. The number of carbonyl (C=O) groups excluding carboxylic acids is 2. The number of likely N-dealkylation sites (tertiary alicyclic amines) is 1. The molecule has 0 bridgehead atoms. The molecule has 202 valence electrons. The molecule has 3 aromatic carbocycles. The van der Waals surface area contributed by atoms with Crippen LogP contribution in [-0.4, -0.2) is 29.8 Å². The highest BCUT2D eigenvalue weighted by atomic mass is 16.2. The van der Waals surface area contributed by atoms with Crippen LogP contribution in [0, 0.1) is 0 Å². The number of carbonyl (C=O) groups is 2. The summed E-state index contributed by atoms with van der Waals surface area (Å²) in [6.45, 7) is 7.42. The summed E-state index contributed by atoms with van der Waals surface area (Å²) in [6, 6.07) is 23.8. The predicted octanol–water partition coefficient (Wildman–Crippen LogP) is 6.74. The average Bonchev–Trinajstić information content (AvgIpc) is 3.31. The third kappa shape index (κ3) is 6.23. The zero-order valence-electron chi connectivity index (χ0n) is 22.9. The lowest BCUT2D eigenvalue weighted by molar-refractivity contribution is -0.110. The number of allylic oxidation sites excluding steroid dienone is 1. The molecule has 0 radical (unpaired) electrons. The van der Waals surface area contributed by atoms with Crippen molar-refractivity contribution in [2.45, 2.75) is 58.5 Å². The SMILES string of the molecule is CC/C(Nc1ccc(CN2CCCCC2)cc1)=C1/C(=O)Nc2ccc(C(=O)N[C@H](CC)c3ccccc3)cc21. The minimum atomic E-state index is -0.150.